The van der Waals surface area contributed by atoms with Crippen LogP contribution in [0.1, 0.15) is 67.0 Å². The average molecular weight is 532 g/mol. The summed E-state index contributed by atoms with van der Waals surface area (Å²) in [5.41, 5.74) is -4.17. The Labute approximate surface area is 230 Å². The SMILES string of the molecule is [2H]c1c([2H])c([C@]2([2H])C[C@@]2([2H])Nc2nc(SC([2H])([2H])CC)nc3c2nnn3[C@]2([2H])C([2H])([2H])[C@]([2H])(OCCO)[C@@]([2H])(O)[C@@]2([2H])O)c([2H])c(F)c1C. The van der Waals surface area contributed by atoms with Gasteiger partial charge in [0.05, 0.1) is 36.3 Å². The van der Waals surface area contributed by atoms with Crippen LogP contribution in [0.3, 0.4) is 0 Å². The molecule has 194 valence electrons. The molecule has 2 aromatic heterocycles. The quantitative estimate of drug-likeness (QED) is 0.227. The van der Waals surface area contributed by atoms with Gasteiger partial charge in [0.15, 0.2) is 22.1 Å². The van der Waals surface area contributed by atoms with Crippen molar-refractivity contribution in [3.63, 3.8) is 0 Å². The van der Waals surface area contributed by atoms with Gasteiger partial charge in [-0.1, -0.05) is 36.0 Å². The van der Waals surface area contributed by atoms with E-state index in [1.807, 2.05) is 0 Å². The Hall–Kier alpha value is -2.38. The first kappa shape index (κ1) is 14.0. The lowest BCUT2D eigenvalue weighted by molar-refractivity contribution is -0.0629. The molecule has 10 nitrogen and oxygen atoms in total. The van der Waals surface area contributed by atoms with Crippen LogP contribution in [0.4, 0.5) is 10.2 Å². The second-order valence-corrected chi connectivity index (χ2v) is 8.51. The normalized spacial score (nSPS) is 46.9. The van der Waals surface area contributed by atoms with E-state index in [-0.39, 0.29) is 16.7 Å². The topological polar surface area (TPSA) is 138 Å². The second-order valence-electron chi connectivity index (χ2n) is 7.65. The molecule has 2 fully saturated rings. The highest BCUT2D eigenvalue weighted by atomic mass is 32.2. The zero-order chi connectivity index (χ0) is 37.1. The van der Waals surface area contributed by atoms with Crippen LogP contribution in [-0.2, 0) is 4.74 Å². The standard InChI is InChI=1S/C24H31FN6O4S/c1-3-8-36-24-27-22(26-16-10-14(16)13-5-4-12(2)15(25)9-13)19-23(28-24)31(30-29-19)17-11-18(35-7-6-32)21(34)20(17)33/h4-5,9,14,16-18,20-21,32-34H,3,6-8,10-11H2,1-2H3,(H,26,27,28)/t14-,16+,17+,18-,20-,21+/m0/s1/i4D,5D,8D2,9D,11D2,14D,16D,17D,18D,20D,21D. The summed E-state index contributed by atoms with van der Waals surface area (Å²) < 4.78 is 131. The number of nitrogens with one attached hydrogen (secondary N) is 1. The van der Waals surface area contributed by atoms with Crippen LogP contribution in [0.25, 0.3) is 11.2 Å². The number of ether oxygens (including phenoxy) is 1. The summed E-state index contributed by atoms with van der Waals surface area (Å²) >= 11 is 0.411. The molecule has 0 radical (unpaired) electrons. The third-order valence-corrected chi connectivity index (χ3v) is 5.93. The minimum absolute atomic E-state index is 0.0998. The first-order valence-electron chi connectivity index (χ1n) is 17.3. The van der Waals surface area contributed by atoms with Crippen molar-refractivity contribution in [2.75, 3.05) is 24.2 Å². The third kappa shape index (κ3) is 4.92. The maximum atomic E-state index is 14.8. The molecule has 2 aliphatic rings. The highest BCUT2D eigenvalue weighted by Crippen LogP contribution is 2.44. The van der Waals surface area contributed by atoms with Gasteiger partial charge in [0.2, 0.25) is 0 Å². The number of thioether (sulfide) groups is 1. The van der Waals surface area contributed by atoms with E-state index >= 15 is 0 Å². The summed E-state index contributed by atoms with van der Waals surface area (Å²) in [5, 5.41) is 41.0. The number of benzene rings is 1. The first-order valence-corrected chi connectivity index (χ1v) is 11.7. The molecule has 0 saturated heterocycles. The molecule has 1 aromatic carbocycles. The van der Waals surface area contributed by atoms with Crippen LogP contribution >= 0.6 is 11.8 Å². The second kappa shape index (κ2) is 10.5. The molecule has 2 saturated carbocycles. The number of hydrogen-bond acceptors (Lipinski definition) is 10. The zero-order valence-electron chi connectivity index (χ0n) is 32.1. The molecule has 6 atom stereocenters. The average Bonchev–Trinajstić information content (AvgIpc) is 3.29. The number of rotatable bonds is 10. The Morgan fingerprint density at radius 1 is 1.39 bits per heavy atom. The van der Waals surface area contributed by atoms with Crippen LogP contribution in [0, 0.1) is 12.7 Å². The summed E-state index contributed by atoms with van der Waals surface area (Å²) in [7, 11) is 0. The summed E-state index contributed by atoms with van der Waals surface area (Å²) in [4.78, 5) is 8.30. The predicted octanol–water partition coefficient (Wildman–Crippen LogP) is 2.18. The Kier molecular flexibility index (Phi) is 4.09. The fraction of sp³-hybridized carbons (Fsp3) is 0.583. The van der Waals surface area contributed by atoms with Gasteiger partial charge < -0.3 is 25.4 Å². The van der Waals surface area contributed by atoms with Crippen molar-refractivity contribution in [3.8, 4) is 0 Å². The van der Waals surface area contributed by atoms with Gasteiger partial charge in [-0.3, -0.25) is 0 Å². The van der Waals surface area contributed by atoms with E-state index in [0.29, 0.717) is 11.8 Å². The van der Waals surface area contributed by atoms with E-state index in [2.05, 4.69) is 25.6 Å². The fourth-order valence-electron chi connectivity index (χ4n) is 3.30. The van der Waals surface area contributed by atoms with Crippen molar-refractivity contribution in [1.82, 2.24) is 25.0 Å². The van der Waals surface area contributed by atoms with Gasteiger partial charge in [-0.25, -0.2) is 19.0 Å². The molecular formula is C24H31FN6O4S. The Morgan fingerprint density at radius 2 is 2.22 bits per heavy atom. The number of nitrogens with zero attached hydrogens (tertiary/aromatic N) is 5. The van der Waals surface area contributed by atoms with E-state index in [0.717, 1.165) is 0 Å². The minimum Gasteiger partial charge on any atom is -0.394 e. The van der Waals surface area contributed by atoms with Crippen LogP contribution in [0.5, 0.6) is 0 Å². The molecule has 36 heavy (non-hydrogen) atoms. The van der Waals surface area contributed by atoms with E-state index in [4.69, 9.17) is 22.6 Å². The third-order valence-electron chi connectivity index (χ3n) is 5.14. The van der Waals surface area contributed by atoms with Crippen molar-refractivity contribution < 1.29 is 42.3 Å². The maximum absolute atomic E-state index is 14.8. The lowest BCUT2D eigenvalue weighted by Gasteiger charge is -2.17. The van der Waals surface area contributed by atoms with Crippen molar-refractivity contribution in [2.45, 2.75) is 74.4 Å². The van der Waals surface area contributed by atoms with Crippen molar-refractivity contribution in [2.24, 2.45) is 0 Å². The summed E-state index contributed by atoms with van der Waals surface area (Å²) in [6.07, 6.45) is -15.9. The smallest absolute Gasteiger partial charge is 0.191 e. The van der Waals surface area contributed by atoms with Crippen LogP contribution in [0.15, 0.2) is 23.3 Å². The van der Waals surface area contributed by atoms with Gasteiger partial charge in [0.25, 0.3) is 0 Å². The molecule has 5 rings (SSSR count). The number of anilines is 1. The van der Waals surface area contributed by atoms with E-state index in [9.17, 15) is 19.7 Å². The molecule has 0 spiro atoms. The number of aliphatic hydroxyl groups is 3. The van der Waals surface area contributed by atoms with Crippen LogP contribution in [-0.4, -0.2) is 83.5 Å². The largest absolute Gasteiger partial charge is 0.394 e. The van der Waals surface area contributed by atoms with E-state index < -0.39 is 120 Å². The summed E-state index contributed by atoms with van der Waals surface area (Å²) in [6, 6.07) is -8.01. The number of halogens is 1. The van der Waals surface area contributed by atoms with Crippen molar-refractivity contribution in [3.05, 3.63) is 35.1 Å². The lowest BCUT2D eigenvalue weighted by atomic mass is 10.1. The van der Waals surface area contributed by atoms with Gasteiger partial charge in [0, 0.05) is 30.8 Å². The molecule has 0 unspecified atom stereocenters. The molecule has 3 aromatic rings. The fourth-order valence-corrected chi connectivity index (χ4v) is 3.84. The van der Waals surface area contributed by atoms with Gasteiger partial charge in [-0.15, -0.1) is 5.10 Å². The molecule has 0 bridgehead atoms. The number of aromatic nitrogens is 5. The van der Waals surface area contributed by atoms with E-state index in [1.165, 1.54) is 13.8 Å². The van der Waals surface area contributed by atoms with Crippen LogP contribution < -0.4 is 5.32 Å². The molecule has 2 heterocycles. The van der Waals surface area contributed by atoms with Gasteiger partial charge >= 0.3 is 0 Å². The lowest BCUT2D eigenvalue weighted by Crippen LogP contribution is -2.33. The Bertz CT molecular complexity index is 1830. The molecule has 4 N–H and O–H groups in total. The Morgan fingerprint density at radius 3 is 3.00 bits per heavy atom. The maximum Gasteiger partial charge on any atom is 0.191 e. The summed E-state index contributed by atoms with van der Waals surface area (Å²) in [6.45, 7) is 0.992. The van der Waals surface area contributed by atoms with Crippen LogP contribution in [0.2, 0.25) is 0 Å². The summed E-state index contributed by atoms with van der Waals surface area (Å²) in [5.74, 6) is -3.87. The highest BCUT2D eigenvalue weighted by molar-refractivity contribution is 7.99. The number of hydrogen-bond donors (Lipinski definition) is 4. The number of aliphatic hydroxyl groups excluding tert-OH is 1. The highest BCUT2D eigenvalue weighted by Gasteiger charge is 2.45. The van der Waals surface area contributed by atoms with Gasteiger partial charge in [-0.2, -0.15) is 0 Å². The van der Waals surface area contributed by atoms with E-state index in [1.54, 1.807) is 0 Å². The molecule has 0 aliphatic heterocycles. The monoisotopic (exact) mass is 531 g/mol. The van der Waals surface area contributed by atoms with Gasteiger partial charge in [-0.05, 0) is 36.9 Å². The predicted molar refractivity (Wildman–Crippen MR) is 133 cm³/mol. The molecule has 0 amide bonds. The minimum atomic E-state index is -3.99. The first-order chi connectivity index (χ1) is 22.3. The molecule has 12 heteroatoms. The number of fused-ring (bicyclic) bond motifs is 1. The molecule has 2 aliphatic carbocycles. The molecular weight excluding hydrogens is 487 g/mol. The van der Waals surface area contributed by atoms with Gasteiger partial charge in [0.1, 0.15) is 18.0 Å². The van der Waals surface area contributed by atoms with Crippen molar-refractivity contribution >= 4 is 28.7 Å². The zero-order valence-corrected chi connectivity index (χ0v) is 19.9. The van der Waals surface area contributed by atoms with Crippen molar-refractivity contribution in [1.29, 1.82) is 0 Å². The Balaban J connectivity index is 1.72.